The Bertz CT molecular complexity index is 316. The smallest absolute Gasteiger partial charge is 0.0458 e. The van der Waals surface area contributed by atoms with E-state index in [0.29, 0.717) is 0 Å². The van der Waals surface area contributed by atoms with Gasteiger partial charge in [0, 0.05) is 5.54 Å². The molecule has 0 spiro atoms. The predicted molar refractivity (Wildman–Crippen MR) is 59.1 cm³/mol. The summed E-state index contributed by atoms with van der Waals surface area (Å²) in [7, 11) is 0. The van der Waals surface area contributed by atoms with Crippen LogP contribution in [0.3, 0.4) is 0 Å². The zero-order valence-corrected chi connectivity index (χ0v) is 8.72. The van der Waals surface area contributed by atoms with Crippen molar-refractivity contribution >= 4 is 0 Å². The van der Waals surface area contributed by atoms with E-state index in [1.807, 2.05) is 0 Å². The molecule has 1 aliphatic heterocycles. The lowest BCUT2D eigenvalue weighted by Gasteiger charge is -2.44. The monoisotopic (exact) mass is 190 g/mol. The lowest BCUT2D eigenvalue weighted by molar-refractivity contribution is 0.196. The van der Waals surface area contributed by atoms with Gasteiger partial charge >= 0.3 is 0 Å². The van der Waals surface area contributed by atoms with E-state index in [4.69, 9.17) is 5.73 Å². The molecule has 1 saturated heterocycles. The van der Waals surface area contributed by atoms with Gasteiger partial charge in [0.05, 0.1) is 0 Å². The molecule has 2 rings (SSSR count). The van der Waals surface area contributed by atoms with Crippen molar-refractivity contribution in [2.24, 2.45) is 5.73 Å². The standard InChI is InChI=1S/C12H18N2/c1-10-3-2-4-11(9-10)12(5-7-13)6-8-14-12/h2-4,9,14H,5-8,13H2,1H3. The van der Waals surface area contributed by atoms with Crippen molar-refractivity contribution in [1.82, 2.24) is 5.32 Å². The quantitative estimate of drug-likeness (QED) is 0.758. The third kappa shape index (κ3) is 1.56. The van der Waals surface area contributed by atoms with Crippen LogP contribution in [0.15, 0.2) is 24.3 Å². The minimum Gasteiger partial charge on any atom is -0.330 e. The van der Waals surface area contributed by atoms with Crippen molar-refractivity contribution in [3.05, 3.63) is 35.4 Å². The number of hydrogen-bond acceptors (Lipinski definition) is 2. The number of aryl methyl sites for hydroxylation is 1. The van der Waals surface area contributed by atoms with E-state index in [0.717, 1.165) is 19.5 Å². The molecule has 76 valence electrons. The average Bonchev–Trinajstić information content (AvgIpc) is 2.11. The second-order valence-electron chi connectivity index (χ2n) is 4.17. The third-order valence-corrected chi connectivity index (χ3v) is 3.16. The summed E-state index contributed by atoms with van der Waals surface area (Å²) >= 11 is 0. The van der Waals surface area contributed by atoms with E-state index < -0.39 is 0 Å². The van der Waals surface area contributed by atoms with Crippen molar-refractivity contribution in [2.45, 2.75) is 25.3 Å². The number of rotatable bonds is 3. The average molecular weight is 190 g/mol. The third-order valence-electron chi connectivity index (χ3n) is 3.16. The zero-order chi connectivity index (χ0) is 10.0. The predicted octanol–water partition coefficient (Wildman–Crippen LogP) is 1.53. The highest BCUT2D eigenvalue weighted by molar-refractivity contribution is 5.31. The summed E-state index contributed by atoms with van der Waals surface area (Å²) in [5.41, 5.74) is 8.56. The van der Waals surface area contributed by atoms with Gasteiger partial charge in [0.15, 0.2) is 0 Å². The Labute approximate surface area is 85.5 Å². The van der Waals surface area contributed by atoms with E-state index in [1.165, 1.54) is 17.5 Å². The van der Waals surface area contributed by atoms with Crippen molar-refractivity contribution in [2.75, 3.05) is 13.1 Å². The first kappa shape index (κ1) is 9.69. The van der Waals surface area contributed by atoms with Gasteiger partial charge in [-0.05, 0) is 38.4 Å². The summed E-state index contributed by atoms with van der Waals surface area (Å²) in [6, 6.07) is 8.73. The largest absolute Gasteiger partial charge is 0.330 e. The summed E-state index contributed by atoms with van der Waals surface area (Å²) in [5.74, 6) is 0. The molecule has 0 aromatic heterocycles. The topological polar surface area (TPSA) is 38.0 Å². The lowest BCUT2D eigenvalue weighted by atomic mass is 9.78. The molecule has 0 saturated carbocycles. The fraction of sp³-hybridized carbons (Fsp3) is 0.500. The molecule has 0 aliphatic carbocycles. The van der Waals surface area contributed by atoms with E-state index in [9.17, 15) is 0 Å². The molecule has 1 fully saturated rings. The molecular weight excluding hydrogens is 172 g/mol. The fourth-order valence-corrected chi connectivity index (χ4v) is 2.22. The van der Waals surface area contributed by atoms with Crippen LogP contribution < -0.4 is 11.1 Å². The minimum absolute atomic E-state index is 0.181. The number of nitrogens with one attached hydrogen (secondary N) is 1. The van der Waals surface area contributed by atoms with Crippen molar-refractivity contribution in [3.8, 4) is 0 Å². The van der Waals surface area contributed by atoms with Gasteiger partial charge in [0.25, 0.3) is 0 Å². The molecule has 14 heavy (non-hydrogen) atoms. The van der Waals surface area contributed by atoms with Crippen LogP contribution in [-0.4, -0.2) is 13.1 Å². The van der Waals surface area contributed by atoms with E-state index >= 15 is 0 Å². The van der Waals surface area contributed by atoms with Crippen molar-refractivity contribution < 1.29 is 0 Å². The molecule has 2 nitrogen and oxygen atoms in total. The number of hydrogen-bond donors (Lipinski definition) is 2. The molecule has 1 heterocycles. The fourth-order valence-electron chi connectivity index (χ4n) is 2.22. The summed E-state index contributed by atoms with van der Waals surface area (Å²) in [4.78, 5) is 0. The van der Waals surface area contributed by atoms with Crippen LogP contribution in [0.1, 0.15) is 24.0 Å². The SMILES string of the molecule is Cc1cccc(C2(CCN)CCN2)c1. The number of nitrogens with two attached hydrogens (primary N) is 1. The van der Waals surface area contributed by atoms with Gasteiger partial charge in [-0.1, -0.05) is 29.8 Å². The number of benzene rings is 1. The first-order valence-electron chi connectivity index (χ1n) is 5.29. The molecule has 3 N–H and O–H groups in total. The van der Waals surface area contributed by atoms with Crippen LogP contribution in [0.5, 0.6) is 0 Å². The molecular formula is C12H18N2. The van der Waals surface area contributed by atoms with E-state index in [1.54, 1.807) is 0 Å². The highest BCUT2D eigenvalue weighted by Crippen LogP contribution is 2.34. The van der Waals surface area contributed by atoms with Crippen LogP contribution >= 0.6 is 0 Å². The van der Waals surface area contributed by atoms with Gasteiger partial charge in [0.1, 0.15) is 0 Å². The molecule has 0 radical (unpaired) electrons. The molecule has 0 bridgehead atoms. The van der Waals surface area contributed by atoms with Gasteiger partial charge in [-0.25, -0.2) is 0 Å². The van der Waals surface area contributed by atoms with Crippen molar-refractivity contribution in [1.29, 1.82) is 0 Å². The van der Waals surface area contributed by atoms with Crippen LogP contribution in [0, 0.1) is 6.92 Å². The second-order valence-corrected chi connectivity index (χ2v) is 4.17. The summed E-state index contributed by atoms with van der Waals surface area (Å²) in [5, 5.41) is 3.52. The van der Waals surface area contributed by atoms with Gasteiger partial charge in [0.2, 0.25) is 0 Å². The zero-order valence-electron chi connectivity index (χ0n) is 8.72. The molecule has 1 unspecified atom stereocenters. The Morgan fingerprint density at radius 1 is 1.50 bits per heavy atom. The molecule has 1 atom stereocenters. The lowest BCUT2D eigenvalue weighted by Crippen LogP contribution is -2.55. The van der Waals surface area contributed by atoms with Crippen LogP contribution in [0.25, 0.3) is 0 Å². The molecule has 2 heteroatoms. The van der Waals surface area contributed by atoms with Crippen LogP contribution in [0.4, 0.5) is 0 Å². The minimum atomic E-state index is 0.181. The highest BCUT2D eigenvalue weighted by atomic mass is 15.0. The Morgan fingerprint density at radius 3 is 2.79 bits per heavy atom. The van der Waals surface area contributed by atoms with Gasteiger partial charge < -0.3 is 11.1 Å². The van der Waals surface area contributed by atoms with Crippen molar-refractivity contribution in [3.63, 3.8) is 0 Å². The first-order valence-corrected chi connectivity index (χ1v) is 5.29. The summed E-state index contributed by atoms with van der Waals surface area (Å²) in [6.45, 7) is 4.01. The van der Waals surface area contributed by atoms with Gasteiger partial charge in [-0.2, -0.15) is 0 Å². The molecule has 1 aliphatic rings. The maximum atomic E-state index is 5.66. The van der Waals surface area contributed by atoms with Gasteiger partial charge in [-0.3, -0.25) is 0 Å². The normalized spacial score (nSPS) is 25.9. The molecule has 1 aromatic carbocycles. The molecule has 1 aromatic rings. The Kier molecular flexibility index (Phi) is 2.57. The Morgan fingerprint density at radius 2 is 2.29 bits per heavy atom. The van der Waals surface area contributed by atoms with E-state index in [-0.39, 0.29) is 5.54 Å². The Hall–Kier alpha value is -0.860. The molecule has 0 amide bonds. The first-order chi connectivity index (χ1) is 6.77. The second kappa shape index (κ2) is 3.71. The van der Waals surface area contributed by atoms with Crippen LogP contribution in [0.2, 0.25) is 0 Å². The highest BCUT2D eigenvalue weighted by Gasteiger charge is 2.36. The van der Waals surface area contributed by atoms with Gasteiger partial charge in [-0.15, -0.1) is 0 Å². The maximum Gasteiger partial charge on any atom is 0.0458 e. The van der Waals surface area contributed by atoms with E-state index in [2.05, 4.69) is 36.5 Å². The summed E-state index contributed by atoms with van der Waals surface area (Å²) in [6.07, 6.45) is 2.25. The Balaban J connectivity index is 2.27. The maximum absolute atomic E-state index is 5.66. The summed E-state index contributed by atoms with van der Waals surface area (Å²) < 4.78 is 0. The van der Waals surface area contributed by atoms with Crippen LogP contribution in [-0.2, 0) is 5.54 Å².